The van der Waals surface area contributed by atoms with Crippen molar-refractivity contribution in [3.05, 3.63) is 17.0 Å². The topological polar surface area (TPSA) is 69.0 Å². The predicted octanol–water partition coefficient (Wildman–Crippen LogP) is 1.40. The van der Waals surface area contributed by atoms with Gasteiger partial charge in [-0.2, -0.15) is 5.10 Å². The van der Waals surface area contributed by atoms with E-state index < -0.39 is 0 Å². The van der Waals surface area contributed by atoms with Gasteiger partial charge in [0.15, 0.2) is 5.96 Å². The summed E-state index contributed by atoms with van der Waals surface area (Å²) in [6.45, 7) is 12.5. The molecule has 3 rings (SSSR count). The highest BCUT2D eigenvalue weighted by molar-refractivity contribution is 14.0. The fraction of sp³-hybridized carbons (Fsp3) is 0.762. The normalized spacial score (nSPS) is 19.0. The first-order valence-corrected chi connectivity index (χ1v) is 10.9. The zero-order valence-electron chi connectivity index (χ0n) is 19.1. The molecule has 0 radical (unpaired) electrons. The number of likely N-dealkylation sites (tertiary alicyclic amines) is 1. The summed E-state index contributed by atoms with van der Waals surface area (Å²) in [4.78, 5) is 23.8. The average Bonchev–Trinajstić information content (AvgIpc) is 3.34. The first kappa shape index (κ1) is 24.9. The van der Waals surface area contributed by atoms with E-state index in [9.17, 15) is 4.79 Å². The summed E-state index contributed by atoms with van der Waals surface area (Å²) in [6.07, 6.45) is 3.23. The van der Waals surface area contributed by atoms with Crippen LogP contribution in [0.2, 0.25) is 0 Å². The number of rotatable bonds is 5. The lowest BCUT2D eigenvalue weighted by atomic mass is 10.1. The van der Waals surface area contributed by atoms with Crippen molar-refractivity contribution in [1.29, 1.82) is 0 Å². The molecule has 3 heterocycles. The van der Waals surface area contributed by atoms with Crippen LogP contribution in [0.1, 0.15) is 36.7 Å². The first-order chi connectivity index (χ1) is 13.9. The third-order valence-electron chi connectivity index (χ3n) is 6.47. The Labute approximate surface area is 198 Å². The minimum Gasteiger partial charge on any atom is -0.356 e. The summed E-state index contributed by atoms with van der Waals surface area (Å²) in [6, 6.07) is -0.0262. The number of carbonyl (C=O) groups is 1. The second kappa shape index (κ2) is 11.3. The molecule has 0 spiro atoms. The number of guanidine groups is 1. The van der Waals surface area contributed by atoms with Gasteiger partial charge in [-0.05, 0) is 45.6 Å². The Morgan fingerprint density at radius 3 is 2.27 bits per heavy atom. The molecule has 2 aliphatic heterocycles. The molecule has 8 nitrogen and oxygen atoms in total. The maximum atomic E-state index is 12.7. The molecule has 1 amide bonds. The SMILES string of the molecule is CN=C(NCCc1c(C)nn(C)c1C)N1CCN(C(C)C(=O)N2CCCC2)CC1.I. The summed E-state index contributed by atoms with van der Waals surface area (Å²) in [5.41, 5.74) is 3.64. The average molecular weight is 531 g/mol. The largest absolute Gasteiger partial charge is 0.356 e. The zero-order chi connectivity index (χ0) is 21.0. The Morgan fingerprint density at radius 2 is 1.73 bits per heavy atom. The van der Waals surface area contributed by atoms with Crippen LogP contribution in [0.15, 0.2) is 4.99 Å². The molecule has 9 heteroatoms. The molecule has 0 aromatic carbocycles. The van der Waals surface area contributed by atoms with Crippen LogP contribution >= 0.6 is 24.0 Å². The van der Waals surface area contributed by atoms with E-state index in [-0.39, 0.29) is 30.0 Å². The Hall–Kier alpha value is -1.36. The van der Waals surface area contributed by atoms with Crippen molar-refractivity contribution in [3.8, 4) is 0 Å². The maximum absolute atomic E-state index is 12.7. The van der Waals surface area contributed by atoms with Gasteiger partial charge >= 0.3 is 0 Å². The summed E-state index contributed by atoms with van der Waals surface area (Å²) < 4.78 is 1.95. The van der Waals surface area contributed by atoms with E-state index in [1.165, 1.54) is 11.3 Å². The molecular weight excluding hydrogens is 493 g/mol. The number of carbonyl (C=O) groups excluding carboxylic acids is 1. The van der Waals surface area contributed by atoms with Gasteiger partial charge < -0.3 is 15.1 Å². The molecule has 1 aromatic rings. The third-order valence-corrected chi connectivity index (χ3v) is 6.47. The summed E-state index contributed by atoms with van der Waals surface area (Å²) in [5, 5.41) is 8.01. The van der Waals surface area contributed by atoms with Crippen LogP contribution in [0.3, 0.4) is 0 Å². The van der Waals surface area contributed by atoms with Gasteiger partial charge in [0.05, 0.1) is 11.7 Å². The molecule has 1 aromatic heterocycles. The van der Waals surface area contributed by atoms with E-state index in [4.69, 9.17) is 0 Å². The molecule has 1 N–H and O–H groups in total. The van der Waals surface area contributed by atoms with E-state index in [0.29, 0.717) is 5.91 Å². The smallest absolute Gasteiger partial charge is 0.239 e. The number of aryl methyl sites for hydroxylation is 2. The fourth-order valence-electron chi connectivity index (χ4n) is 4.49. The summed E-state index contributed by atoms with van der Waals surface area (Å²) in [5.74, 6) is 1.24. The first-order valence-electron chi connectivity index (χ1n) is 10.9. The van der Waals surface area contributed by atoms with E-state index in [0.717, 1.165) is 76.7 Å². The number of amides is 1. The predicted molar refractivity (Wildman–Crippen MR) is 132 cm³/mol. The number of hydrogen-bond donors (Lipinski definition) is 1. The Balaban J connectivity index is 0.00000320. The number of nitrogens with one attached hydrogen (secondary N) is 1. The van der Waals surface area contributed by atoms with Gasteiger partial charge in [0.25, 0.3) is 0 Å². The Bertz CT molecular complexity index is 734. The van der Waals surface area contributed by atoms with Crippen molar-refractivity contribution in [2.75, 3.05) is 52.9 Å². The van der Waals surface area contributed by atoms with Crippen LogP contribution in [-0.4, -0.2) is 95.2 Å². The van der Waals surface area contributed by atoms with Crippen molar-refractivity contribution in [2.24, 2.45) is 12.0 Å². The Morgan fingerprint density at radius 1 is 1.10 bits per heavy atom. The highest BCUT2D eigenvalue weighted by atomic mass is 127. The number of hydrogen-bond acceptors (Lipinski definition) is 4. The van der Waals surface area contributed by atoms with Crippen molar-refractivity contribution >= 4 is 35.8 Å². The number of aliphatic imine (C=N–C) groups is 1. The van der Waals surface area contributed by atoms with Crippen molar-refractivity contribution in [1.82, 2.24) is 29.8 Å². The number of aromatic nitrogens is 2. The van der Waals surface area contributed by atoms with Crippen molar-refractivity contribution in [3.63, 3.8) is 0 Å². The lowest BCUT2D eigenvalue weighted by molar-refractivity contribution is -0.135. The summed E-state index contributed by atoms with van der Waals surface area (Å²) >= 11 is 0. The van der Waals surface area contributed by atoms with Crippen LogP contribution in [0.5, 0.6) is 0 Å². The second-order valence-electron chi connectivity index (χ2n) is 8.23. The number of piperazine rings is 1. The summed E-state index contributed by atoms with van der Waals surface area (Å²) in [7, 11) is 3.84. The molecule has 0 bridgehead atoms. The van der Waals surface area contributed by atoms with Crippen LogP contribution in [0, 0.1) is 13.8 Å². The number of halogens is 1. The lowest BCUT2D eigenvalue weighted by Gasteiger charge is -2.39. The molecule has 0 saturated carbocycles. The van der Waals surface area contributed by atoms with Crippen LogP contribution in [-0.2, 0) is 18.3 Å². The Kier molecular flexibility index (Phi) is 9.39. The third kappa shape index (κ3) is 5.66. The quantitative estimate of drug-likeness (QED) is 0.354. The van der Waals surface area contributed by atoms with Crippen LogP contribution in [0.25, 0.3) is 0 Å². The molecule has 2 saturated heterocycles. The second-order valence-corrected chi connectivity index (χ2v) is 8.23. The van der Waals surface area contributed by atoms with Gasteiger partial charge in [0.1, 0.15) is 0 Å². The molecular formula is C21H38IN7O. The molecule has 0 aliphatic carbocycles. The van der Waals surface area contributed by atoms with Gasteiger partial charge in [-0.1, -0.05) is 0 Å². The molecule has 1 unspecified atom stereocenters. The van der Waals surface area contributed by atoms with Gasteiger partial charge in [0, 0.05) is 65.6 Å². The fourth-order valence-corrected chi connectivity index (χ4v) is 4.49. The van der Waals surface area contributed by atoms with E-state index in [1.54, 1.807) is 0 Å². The van der Waals surface area contributed by atoms with E-state index >= 15 is 0 Å². The lowest BCUT2D eigenvalue weighted by Crippen LogP contribution is -2.57. The molecule has 1 atom stereocenters. The molecule has 2 fully saturated rings. The van der Waals surface area contributed by atoms with Crippen molar-refractivity contribution < 1.29 is 4.79 Å². The molecule has 30 heavy (non-hydrogen) atoms. The van der Waals surface area contributed by atoms with Gasteiger partial charge in [-0.25, -0.2) is 0 Å². The van der Waals surface area contributed by atoms with Crippen LogP contribution < -0.4 is 5.32 Å². The van der Waals surface area contributed by atoms with Gasteiger partial charge in [-0.3, -0.25) is 19.4 Å². The number of nitrogens with zero attached hydrogens (tertiary/aromatic N) is 6. The maximum Gasteiger partial charge on any atom is 0.239 e. The molecule has 2 aliphatic rings. The standard InChI is InChI=1S/C21H37N7O.HI/c1-16-19(17(2)25(5)24-16)8-9-23-21(22-4)28-14-12-26(13-15-28)18(3)20(29)27-10-6-7-11-27;/h18H,6-15H2,1-5H3,(H,22,23);1H. The van der Waals surface area contributed by atoms with Gasteiger partial charge in [0.2, 0.25) is 5.91 Å². The van der Waals surface area contributed by atoms with Crippen LogP contribution in [0.4, 0.5) is 0 Å². The highest BCUT2D eigenvalue weighted by Crippen LogP contribution is 2.14. The zero-order valence-corrected chi connectivity index (χ0v) is 21.5. The monoisotopic (exact) mass is 531 g/mol. The van der Waals surface area contributed by atoms with E-state index in [1.807, 2.05) is 23.7 Å². The molecule has 170 valence electrons. The minimum atomic E-state index is -0.0262. The minimum absolute atomic E-state index is 0. The highest BCUT2D eigenvalue weighted by Gasteiger charge is 2.30. The van der Waals surface area contributed by atoms with E-state index in [2.05, 4.69) is 46.0 Å². The van der Waals surface area contributed by atoms with Gasteiger partial charge in [-0.15, -0.1) is 24.0 Å². The van der Waals surface area contributed by atoms with Crippen molar-refractivity contribution in [2.45, 2.75) is 46.1 Å².